The van der Waals surface area contributed by atoms with Crippen molar-refractivity contribution < 1.29 is 19.4 Å². The monoisotopic (exact) mass is 480 g/mol. The number of carbonyl (C=O) groups is 1. The Hall–Kier alpha value is -3.77. The van der Waals surface area contributed by atoms with Crippen molar-refractivity contribution in [2.24, 2.45) is 5.73 Å². The summed E-state index contributed by atoms with van der Waals surface area (Å²) >= 11 is 3.49. The number of halogens is 1. The zero-order chi connectivity index (χ0) is 22.3. The molecule has 0 saturated carbocycles. The Labute approximate surface area is 186 Å². The molecule has 0 fully saturated rings. The zero-order valence-electron chi connectivity index (χ0n) is 16.6. The van der Waals surface area contributed by atoms with E-state index in [4.69, 9.17) is 15.2 Å². The van der Waals surface area contributed by atoms with Crippen LogP contribution in [0.15, 0.2) is 58.4 Å². The number of allylic oxidation sites excluding steroid dienone is 1. The number of methoxy groups -OCH3 is 1. The maximum Gasteiger partial charge on any atom is 0.335 e. The highest BCUT2D eigenvalue weighted by Gasteiger charge is 2.36. The molecular formula is C22H17BrN4O4. The maximum atomic E-state index is 11.4. The molecule has 1 aliphatic heterocycles. The molecule has 4 rings (SSSR count). The molecule has 0 amide bonds. The molecule has 156 valence electrons. The smallest absolute Gasteiger partial charge is 0.335 e. The van der Waals surface area contributed by atoms with Crippen LogP contribution in [0, 0.1) is 18.3 Å². The summed E-state index contributed by atoms with van der Waals surface area (Å²) in [5.41, 5.74) is 9.14. The van der Waals surface area contributed by atoms with E-state index in [2.05, 4.69) is 27.1 Å². The number of nitrogens with two attached hydrogens (primary N) is 1. The topological polar surface area (TPSA) is 123 Å². The number of fused-ring (bicyclic) bond motifs is 1. The molecule has 0 spiro atoms. The van der Waals surface area contributed by atoms with Crippen LogP contribution in [-0.2, 0) is 0 Å². The molecule has 3 aromatic rings. The Bertz CT molecular complexity index is 1290. The van der Waals surface area contributed by atoms with E-state index in [0.717, 1.165) is 10.0 Å². The van der Waals surface area contributed by atoms with Gasteiger partial charge in [0.25, 0.3) is 0 Å². The number of benzene rings is 2. The first-order chi connectivity index (χ1) is 14.8. The molecule has 1 unspecified atom stereocenters. The van der Waals surface area contributed by atoms with Crippen molar-refractivity contribution in [1.29, 1.82) is 5.26 Å². The van der Waals surface area contributed by atoms with E-state index >= 15 is 0 Å². The molecule has 3 N–H and O–H groups in total. The molecule has 31 heavy (non-hydrogen) atoms. The Morgan fingerprint density at radius 1 is 1.35 bits per heavy atom. The van der Waals surface area contributed by atoms with Crippen molar-refractivity contribution in [3.8, 4) is 23.4 Å². The molecule has 1 atom stereocenters. The van der Waals surface area contributed by atoms with Crippen LogP contribution in [-0.4, -0.2) is 28.0 Å². The van der Waals surface area contributed by atoms with Gasteiger partial charge in [-0.1, -0.05) is 12.1 Å². The molecule has 0 bridgehead atoms. The lowest BCUT2D eigenvalue weighted by Crippen LogP contribution is -2.22. The first-order valence-corrected chi connectivity index (χ1v) is 9.99. The molecule has 9 heteroatoms. The van der Waals surface area contributed by atoms with Gasteiger partial charge in [-0.25, -0.2) is 9.48 Å². The Morgan fingerprint density at radius 2 is 2.13 bits per heavy atom. The minimum Gasteiger partial charge on any atom is -0.496 e. The Balaban J connectivity index is 1.93. The zero-order valence-corrected chi connectivity index (χ0v) is 18.2. The fraction of sp³-hybridized carbons (Fsp3) is 0.136. The van der Waals surface area contributed by atoms with Gasteiger partial charge in [-0.2, -0.15) is 10.4 Å². The normalized spacial score (nSPS) is 15.1. The maximum absolute atomic E-state index is 11.4. The third kappa shape index (κ3) is 3.41. The van der Waals surface area contributed by atoms with Crippen molar-refractivity contribution in [2.75, 3.05) is 7.11 Å². The molecule has 0 aliphatic carbocycles. The third-order valence-corrected chi connectivity index (χ3v) is 5.70. The summed E-state index contributed by atoms with van der Waals surface area (Å²) in [6, 6.07) is 14.0. The number of carboxylic acid groups (broad SMARTS) is 1. The molecule has 0 saturated heterocycles. The average Bonchev–Trinajstić information content (AvgIpc) is 3.08. The fourth-order valence-electron chi connectivity index (χ4n) is 3.66. The van der Waals surface area contributed by atoms with Gasteiger partial charge in [-0.15, -0.1) is 0 Å². The highest BCUT2D eigenvalue weighted by Crippen LogP contribution is 2.45. The van der Waals surface area contributed by atoms with E-state index in [9.17, 15) is 15.2 Å². The summed E-state index contributed by atoms with van der Waals surface area (Å²) in [7, 11) is 1.57. The van der Waals surface area contributed by atoms with Crippen molar-refractivity contribution in [2.45, 2.75) is 12.8 Å². The van der Waals surface area contributed by atoms with Crippen LogP contribution < -0.4 is 15.2 Å². The second kappa shape index (κ2) is 7.81. The van der Waals surface area contributed by atoms with E-state index in [-0.39, 0.29) is 17.0 Å². The predicted octanol–water partition coefficient (Wildman–Crippen LogP) is 3.87. The van der Waals surface area contributed by atoms with Gasteiger partial charge >= 0.3 is 5.97 Å². The second-order valence-electron chi connectivity index (χ2n) is 6.89. The quantitative estimate of drug-likeness (QED) is 0.580. The van der Waals surface area contributed by atoms with Gasteiger partial charge in [0, 0.05) is 0 Å². The minimum absolute atomic E-state index is 0.0255. The number of hydrogen-bond donors (Lipinski definition) is 2. The lowest BCUT2D eigenvalue weighted by molar-refractivity contribution is 0.0697. The average molecular weight is 481 g/mol. The molecule has 1 aliphatic rings. The fourth-order valence-corrected chi connectivity index (χ4v) is 4.21. The molecule has 2 heterocycles. The summed E-state index contributed by atoms with van der Waals surface area (Å²) in [5.74, 6) is -0.583. The van der Waals surface area contributed by atoms with Crippen LogP contribution in [0.25, 0.3) is 5.69 Å². The summed E-state index contributed by atoms with van der Waals surface area (Å²) in [4.78, 5) is 11.4. The van der Waals surface area contributed by atoms with Crippen LogP contribution in [0.3, 0.4) is 0 Å². The lowest BCUT2D eigenvalue weighted by atomic mass is 9.84. The lowest BCUT2D eigenvalue weighted by Gasteiger charge is -2.25. The van der Waals surface area contributed by atoms with E-state index in [0.29, 0.717) is 28.6 Å². The highest BCUT2D eigenvalue weighted by molar-refractivity contribution is 9.10. The summed E-state index contributed by atoms with van der Waals surface area (Å²) in [5, 5.41) is 23.7. The van der Waals surface area contributed by atoms with Crippen molar-refractivity contribution in [3.63, 3.8) is 0 Å². The highest BCUT2D eigenvalue weighted by atomic mass is 79.9. The second-order valence-corrected chi connectivity index (χ2v) is 7.74. The molecule has 1 aromatic heterocycles. The first-order valence-electron chi connectivity index (χ1n) is 9.20. The standard InChI is InChI=1S/C22H17BrN4O4/c1-11-18-19(12-6-7-17(30-2)16(23)9-12)15(10-24)20(25)31-21(18)27(26-11)14-5-3-4-13(8-14)22(28)29/h3-9,19H,25H2,1-2H3,(H,28,29). The van der Waals surface area contributed by atoms with Crippen LogP contribution in [0.5, 0.6) is 11.6 Å². The Kier molecular flexibility index (Phi) is 5.17. The molecule has 0 radical (unpaired) electrons. The first kappa shape index (κ1) is 20.5. The van der Waals surface area contributed by atoms with E-state index in [1.54, 1.807) is 25.3 Å². The van der Waals surface area contributed by atoms with Crippen LogP contribution >= 0.6 is 15.9 Å². The molecular weight excluding hydrogens is 464 g/mol. The number of aryl methyl sites for hydroxylation is 1. The van der Waals surface area contributed by atoms with Gasteiger partial charge in [0.05, 0.1) is 40.0 Å². The minimum atomic E-state index is -1.05. The number of aromatic carboxylic acids is 1. The summed E-state index contributed by atoms with van der Waals surface area (Å²) in [6.45, 7) is 1.81. The van der Waals surface area contributed by atoms with Crippen LogP contribution in [0.4, 0.5) is 0 Å². The largest absolute Gasteiger partial charge is 0.496 e. The van der Waals surface area contributed by atoms with Crippen molar-refractivity contribution in [1.82, 2.24) is 9.78 Å². The van der Waals surface area contributed by atoms with Gasteiger partial charge in [0.1, 0.15) is 17.4 Å². The van der Waals surface area contributed by atoms with Gasteiger partial charge in [0.2, 0.25) is 11.8 Å². The third-order valence-electron chi connectivity index (χ3n) is 5.08. The van der Waals surface area contributed by atoms with E-state index in [1.165, 1.54) is 16.8 Å². The van der Waals surface area contributed by atoms with Crippen LogP contribution in [0.2, 0.25) is 0 Å². The van der Waals surface area contributed by atoms with Crippen molar-refractivity contribution >= 4 is 21.9 Å². The number of aromatic nitrogens is 2. The number of nitriles is 1. The SMILES string of the molecule is COc1ccc(C2C(C#N)=C(N)Oc3c2c(C)nn3-c2cccc(C(=O)O)c2)cc1Br. The van der Waals surface area contributed by atoms with E-state index in [1.807, 2.05) is 19.1 Å². The number of rotatable bonds is 4. The summed E-state index contributed by atoms with van der Waals surface area (Å²) in [6.07, 6.45) is 0. The van der Waals surface area contributed by atoms with Gasteiger partial charge in [0.15, 0.2) is 0 Å². The van der Waals surface area contributed by atoms with E-state index < -0.39 is 11.9 Å². The number of hydrogen-bond acceptors (Lipinski definition) is 6. The number of carboxylic acids is 1. The van der Waals surface area contributed by atoms with Crippen LogP contribution in [0.1, 0.15) is 33.1 Å². The Morgan fingerprint density at radius 3 is 2.77 bits per heavy atom. The number of ether oxygens (including phenoxy) is 2. The van der Waals surface area contributed by atoms with Gasteiger partial charge < -0.3 is 20.3 Å². The molecule has 8 nitrogen and oxygen atoms in total. The van der Waals surface area contributed by atoms with Gasteiger partial charge in [-0.3, -0.25) is 0 Å². The number of nitrogens with zero attached hydrogens (tertiary/aromatic N) is 3. The van der Waals surface area contributed by atoms with Gasteiger partial charge in [-0.05, 0) is 58.7 Å². The molecule has 2 aromatic carbocycles. The van der Waals surface area contributed by atoms with Crippen molar-refractivity contribution in [3.05, 3.63) is 80.8 Å². The predicted molar refractivity (Wildman–Crippen MR) is 115 cm³/mol. The summed E-state index contributed by atoms with van der Waals surface area (Å²) < 4.78 is 13.4.